The van der Waals surface area contributed by atoms with Crippen LogP contribution in [0.25, 0.3) is 0 Å². The second kappa shape index (κ2) is 40.4. The maximum atomic E-state index is 10.3. The smallest absolute Gasteiger partial charge is 1.00 e. The Kier molecular flexibility index (Phi) is 72.2. The average Bonchev–Trinajstić information content (AvgIpc) is 2.43. The van der Waals surface area contributed by atoms with E-state index in [0.717, 1.165) is 12.8 Å². The predicted octanol–water partition coefficient (Wildman–Crippen LogP) is -5.00. The Labute approximate surface area is 339 Å². The first-order chi connectivity index (χ1) is 9.77. The molecule has 0 atom stereocenters. The van der Waals surface area contributed by atoms with Crippen molar-refractivity contribution >= 4 is 18.4 Å². The van der Waals surface area contributed by atoms with Crippen molar-refractivity contribution < 1.29 is 221 Å². The van der Waals surface area contributed by atoms with Gasteiger partial charge in [-0.05, 0) is 32.1 Å². The third kappa shape index (κ3) is 44.5. The third-order valence-corrected chi connectivity index (χ3v) is 3.65. The Bertz CT molecular complexity index is 272. The number of carboxylic acids is 1. The summed E-state index contributed by atoms with van der Waals surface area (Å²) in [6, 6.07) is 0. The van der Waals surface area contributed by atoms with Gasteiger partial charge in [0.25, 0.3) is 0 Å². The number of unbranched alkanes of at least 4 members (excludes halogenated alkanes) is 11. The molecule has 0 radical (unpaired) electrons. The van der Waals surface area contributed by atoms with Gasteiger partial charge in [-0.1, -0.05) is 70.4 Å². The summed E-state index contributed by atoms with van der Waals surface area (Å²) >= 11 is 0. The maximum absolute atomic E-state index is 10.3. The van der Waals surface area contributed by atoms with E-state index in [4.69, 9.17) is 5.11 Å². The van der Waals surface area contributed by atoms with Crippen molar-refractivity contribution in [1.29, 1.82) is 0 Å². The molecule has 0 unspecified atom stereocenters. The van der Waals surface area contributed by atoms with Gasteiger partial charge in [0, 0.05) is 6.42 Å². The van der Waals surface area contributed by atoms with E-state index in [0.29, 0.717) is 6.42 Å². The average molecular weight is 479 g/mol. The molecule has 0 aromatic rings. The number of allylic oxidation sites excluding steroid dienone is 2. The van der Waals surface area contributed by atoms with Gasteiger partial charge in [0.15, 0.2) is 0 Å². The monoisotopic (exact) mass is 478 g/mol. The number of rotatable bonds is 15. The van der Waals surface area contributed by atoms with Crippen LogP contribution in [0.2, 0.25) is 0 Å². The first kappa shape index (κ1) is 44.7. The minimum absolute atomic E-state index is 0. The van der Waals surface area contributed by atoms with Gasteiger partial charge in [-0.3, -0.25) is 4.79 Å². The standard InChI is InChI=1S/C18H34O2.ClH.4K.4H/c1-2-3-4-5-6-7-8-9-10-11-12-13-14-15-16-17-18(19)20;;;;;;;;;/h9-10H,2-8,11-17H2,1H3,(H,19,20);1H;;;;;;;;/q;;4*+1;4*-1/b10-9-;;;;;;;;;. The number of halogens is 1. The van der Waals surface area contributed by atoms with Crippen LogP contribution >= 0.6 is 12.4 Å². The maximum Gasteiger partial charge on any atom is 1.00 e. The zero-order valence-electron chi connectivity index (χ0n) is 21.8. The molecule has 0 heterocycles. The molecular formula is C18H39ClK4O2. The Balaban J connectivity index is -0.0000000501. The van der Waals surface area contributed by atoms with Crippen LogP contribution in [0.1, 0.15) is 103 Å². The second-order valence-corrected chi connectivity index (χ2v) is 5.73. The summed E-state index contributed by atoms with van der Waals surface area (Å²) in [7, 11) is 0. The van der Waals surface area contributed by atoms with Crippen molar-refractivity contribution in [3.63, 3.8) is 0 Å². The molecule has 0 aliphatic carbocycles. The van der Waals surface area contributed by atoms with Crippen molar-refractivity contribution in [2.45, 2.75) is 96.8 Å². The quantitative estimate of drug-likeness (QED) is 0.145. The fourth-order valence-corrected chi connectivity index (χ4v) is 2.35. The molecule has 2 nitrogen and oxygen atoms in total. The molecule has 0 aromatic carbocycles. The molecule has 7 heteroatoms. The number of aliphatic carboxylic acids is 1. The van der Waals surface area contributed by atoms with Crippen LogP contribution in [0.5, 0.6) is 0 Å². The van der Waals surface area contributed by atoms with Crippen LogP contribution in [0.4, 0.5) is 0 Å². The van der Waals surface area contributed by atoms with E-state index in [2.05, 4.69) is 19.1 Å². The molecular weight excluding hydrogens is 440 g/mol. The molecule has 0 aromatic heterocycles. The van der Waals surface area contributed by atoms with Crippen LogP contribution in [-0.4, -0.2) is 11.1 Å². The van der Waals surface area contributed by atoms with E-state index in [1.54, 1.807) is 0 Å². The molecule has 0 aliphatic heterocycles. The molecule has 0 fully saturated rings. The van der Waals surface area contributed by atoms with Gasteiger partial charge in [0.05, 0.1) is 0 Å². The molecule has 0 aliphatic rings. The fourth-order valence-electron chi connectivity index (χ4n) is 2.35. The molecule has 134 valence electrons. The first-order valence-electron chi connectivity index (χ1n) is 8.64. The van der Waals surface area contributed by atoms with Crippen molar-refractivity contribution in [3.8, 4) is 0 Å². The summed E-state index contributed by atoms with van der Waals surface area (Å²) in [6.45, 7) is 2.26. The zero-order valence-corrected chi connectivity index (χ0v) is 31.1. The Morgan fingerprint density at radius 2 is 1.08 bits per heavy atom. The molecule has 0 rings (SSSR count). The van der Waals surface area contributed by atoms with Gasteiger partial charge < -0.3 is 10.8 Å². The summed E-state index contributed by atoms with van der Waals surface area (Å²) in [6.07, 6.45) is 21.2. The number of hydrogen-bond acceptors (Lipinski definition) is 1. The number of hydrogen-bond donors (Lipinski definition) is 1. The SMILES string of the molecule is CCCCCCCC/C=C\CCCCCCCC(=O)O.Cl.[H-].[H-].[H-].[H-].[K+].[K+].[K+].[K+]. The summed E-state index contributed by atoms with van der Waals surface area (Å²) < 4.78 is 0. The Hall–Kier alpha value is 6.05. The van der Waals surface area contributed by atoms with Gasteiger partial charge in [0.2, 0.25) is 0 Å². The van der Waals surface area contributed by atoms with E-state index >= 15 is 0 Å². The van der Waals surface area contributed by atoms with E-state index in [9.17, 15) is 4.79 Å². The van der Waals surface area contributed by atoms with Gasteiger partial charge in [0.1, 0.15) is 0 Å². The van der Waals surface area contributed by atoms with Gasteiger partial charge in [-0.25, -0.2) is 0 Å². The van der Waals surface area contributed by atoms with Crippen molar-refractivity contribution in [3.05, 3.63) is 12.2 Å². The normalized spacial score (nSPS) is 9.00. The van der Waals surface area contributed by atoms with Crippen LogP contribution in [-0.2, 0) is 4.79 Å². The summed E-state index contributed by atoms with van der Waals surface area (Å²) in [5.74, 6) is -0.664. The van der Waals surface area contributed by atoms with E-state index in [1.165, 1.54) is 70.6 Å². The van der Waals surface area contributed by atoms with Crippen LogP contribution in [0.15, 0.2) is 12.2 Å². The van der Waals surface area contributed by atoms with Crippen molar-refractivity contribution in [2.24, 2.45) is 0 Å². The minimum Gasteiger partial charge on any atom is -1.00 e. The molecule has 1 N–H and O–H groups in total. The van der Waals surface area contributed by atoms with E-state index in [-0.39, 0.29) is 224 Å². The van der Waals surface area contributed by atoms with Crippen molar-refractivity contribution in [2.75, 3.05) is 0 Å². The molecule has 25 heavy (non-hydrogen) atoms. The van der Waals surface area contributed by atoms with Gasteiger partial charge in [-0.15, -0.1) is 12.4 Å². The zero-order chi connectivity index (χ0) is 14.9. The molecule has 0 spiro atoms. The molecule has 0 bridgehead atoms. The topological polar surface area (TPSA) is 37.3 Å². The largest absolute Gasteiger partial charge is 1.00 e. The minimum atomic E-state index is -0.664. The van der Waals surface area contributed by atoms with Crippen LogP contribution in [0, 0.1) is 0 Å². The first-order valence-corrected chi connectivity index (χ1v) is 8.64. The molecule has 0 saturated heterocycles. The molecule has 0 amide bonds. The predicted molar refractivity (Wildman–Crippen MR) is 98.8 cm³/mol. The fraction of sp³-hybridized carbons (Fsp3) is 0.833. The van der Waals surface area contributed by atoms with Gasteiger partial charge >= 0.3 is 212 Å². The number of carbonyl (C=O) groups is 1. The van der Waals surface area contributed by atoms with Crippen LogP contribution < -0.4 is 206 Å². The van der Waals surface area contributed by atoms with Crippen molar-refractivity contribution in [1.82, 2.24) is 0 Å². The van der Waals surface area contributed by atoms with E-state index in [1.807, 2.05) is 0 Å². The molecule has 0 saturated carbocycles. The Morgan fingerprint density at radius 3 is 1.48 bits per heavy atom. The van der Waals surface area contributed by atoms with E-state index < -0.39 is 5.97 Å². The second-order valence-electron chi connectivity index (χ2n) is 5.73. The summed E-state index contributed by atoms with van der Waals surface area (Å²) in [5, 5.41) is 8.51. The summed E-state index contributed by atoms with van der Waals surface area (Å²) in [4.78, 5) is 10.3. The summed E-state index contributed by atoms with van der Waals surface area (Å²) in [5.41, 5.74) is 0. The number of carboxylic acid groups (broad SMARTS) is 1. The third-order valence-electron chi connectivity index (χ3n) is 3.65. The van der Waals surface area contributed by atoms with Gasteiger partial charge in [-0.2, -0.15) is 0 Å². The Morgan fingerprint density at radius 1 is 0.720 bits per heavy atom. The van der Waals surface area contributed by atoms with Crippen LogP contribution in [0.3, 0.4) is 0 Å².